The number of rotatable bonds is 4. The van der Waals surface area contributed by atoms with Crippen molar-refractivity contribution in [1.29, 1.82) is 0 Å². The topological polar surface area (TPSA) is 52.6 Å². The first-order valence-electron chi connectivity index (χ1n) is 5.61. The Balaban J connectivity index is 2.40. The van der Waals surface area contributed by atoms with Gasteiger partial charge in [-0.05, 0) is 33.7 Å². The lowest BCUT2D eigenvalue weighted by molar-refractivity contribution is -0.138. The summed E-state index contributed by atoms with van der Waals surface area (Å²) in [4.78, 5) is 12.9. The van der Waals surface area contributed by atoms with Gasteiger partial charge >= 0.3 is 5.97 Å². The van der Waals surface area contributed by atoms with Crippen LogP contribution in [0.5, 0.6) is 0 Å². The maximum absolute atomic E-state index is 10.6. The molecule has 0 aromatic rings. The van der Waals surface area contributed by atoms with Gasteiger partial charge in [0, 0.05) is 24.7 Å². The quantitative estimate of drug-likeness (QED) is 0.731. The Morgan fingerprint density at radius 3 is 2.47 bits per heavy atom. The molecule has 0 spiro atoms. The summed E-state index contributed by atoms with van der Waals surface area (Å²) in [5, 5.41) is 12.1. The van der Waals surface area contributed by atoms with Crippen molar-refractivity contribution in [2.45, 2.75) is 44.7 Å². The zero-order chi connectivity index (χ0) is 11.5. The number of hydrogen-bond acceptors (Lipinski definition) is 3. The summed E-state index contributed by atoms with van der Waals surface area (Å²) in [6.07, 6.45) is 2.43. The van der Waals surface area contributed by atoms with Crippen molar-refractivity contribution in [2.24, 2.45) is 0 Å². The van der Waals surface area contributed by atoms with Gasteiger partial charge in [-0.25, -0.2) is 0 Å². The third-order valence-corrected chi connectivity index (χ3v) is 3.60. The van der Waals surface area contributed by atoms with Gasteiger partial charge in [0.25, 0.3) is 0 Å². The molecule has 1 rings (SSSR count). The molecular formula is C11H22N2O2. The van der Waals surface area contributed by atoms with Gasteiger partial charge in [-0.15, -0.1) is 0 Å². The van der Waals surface area contributed by atoms with E-state index >= 15 is 0 Å². The lowest BCUT2D eigenvalue weighted by Gasteiger charge is -2.41. The first-order chi connectivity index (χ1) is 6.97. The number of carbonyl (C=O) groups is 1. The number of nitrogens with one attached hydrogen (secondary N) is 1. The molecule has 1 unspecified atom stereocenters. The van der Waals surface area contributed by atoms with Crippen LogP contribution in [0.15, 0.2) is 0 Å². The highest BCUT2D eigenvalue weighted by Crippen LogP contribution is 2.23. The largest absolute Gasteiger partial charge is 0.481 e. The highest BCUT2D eigenvalue weighted by Gasteiger charge is 2.30. The summed E-state index contributed by atoms with van der Waals surface area (Å²) in [5.41, 5.74) is 0.236. The van der Waals surface area contributed by atoms with E-state index in [0.717, 1.165) is 25.9 Å². The first kappa shape index (κ1) is 12.5. The number of piperidine rings is 1. The summed E-state index contributed by atoms with van der Waals surface area (Å²) in [7, 11) is 2.00. The lowest BCUT2D eigenvalue weighted by Crippen LogP contribution is -2.52. The van der Waals surface area contributed by atoms with E-state index in [1.165, 1.54) is 0 Å². The Hall–Kier alpha value is -0.610. The minimum Gasteiger partial charge on any atom is -0.481 e. The van der Waals surface area contributed by atoms with Crippen molar-refractivity contribution in [3.8, 4) is 0 Å². The van der Waals surface area contributed by atoms with Crippen LogP contribution >= 0.6 is 0 Å². The molecule has 0 radical (unpaired) electrons. The Morgan fingerprint density at radius 1 is 1.53 bits per heavy atom. The molecule has 4 nitrogen and oxygen atoms in total. The maximum Gasteiger partial charge on any atom is 0.304 e. The van der Waals surface area contributed by atoms with Gasteiger partial charge in [0.2, 0.25) is 0 Å². The maximum atomic E-state index is 10.6. The van der Waals surface area contributed by atoms with Crippen LogP contribution in [0.3, 0.4) is 0 Å². The molecule has 1 fully saturated rings. The molecule has 0 bridgehead atoms. The van der Waals surface area contributed by atoms with E-state index in [9.17, 15) is 4.79 Å². The summed E-state index contributed by atoms with van der Waals surface area (Å²) in [6, 6.07) is 0.156. The average Bonchev–Trinajstić information content (AvgIpc) is 2.18. The van der Waals surface area contributed by atoms with Gasteiger partial charge in [-0.1, -0.05) is 0 Å². The molecule has 1 atom stereocenters. The van der Waals surface area contributed by atoms with Crippen LogP contribution in [0.4, 0.5) is 0 Å². The van der Waals surface area contributed by atoms with Crippen molar-refractivity contribution >= 4 is 5.97 Å². The second-order valence-corrected chi connectivity index (χ2v) is 4.79. The number of nitrogens with zero attached hydrogens (tertiary/aromatic N) is 1. The number of hydrogen-bond donors (Lipinski definition) is 2. The normalized spacial score (nSPS) is 23.7. The van der Waals surface area contributed by atoms with E-state index in [1.54, 1.807) is 0 Å². The van der Waals surface area contributed by atoms with Gasteiger partial charge in [0.05, 0.1) is 6.42 Å². The highest BCUT2D eigenvalue weighted by atomic mass is 16.4. The van der Waals surface area contributed by atoms with E-state index < -0.39 is 5.97 Å². The van der Waals surface area contributed by atoms with Crippen molar-refractivity contribution in [3.63, 3.8) is 0 Å². The summed E-state index contributed by atoms with van der Waals surface area (Å²) in [5.74, 6) is -0.704. The molecule has 0 saturated carbocycles. The molecule has 88 valence electrons. The third kappa shape index (κ3) is 3.47. The van der Waals surface area contributed by atoms with E-state index in [2.05, 4.69) is 17.1 Å². The predicted octanol–water partition coefficient (Wildman–Crippen LogP) is 0.923. The SMILES string of the molecule is CNC1(C)CCN(C(C)CC(=O)O)CC1. The standard InChI is InChI=1S/C11H22N2O2/c1-9(8-10(14)15)13-6-4-11(2,12-3)5-7-13/h9,12H,4-8H2,1-3H3,(H,14,15). The third-order valence-electron chi connectivity index (χ3n) is 3.60. The molecule has 1 heterocycles. The predicted molar refractivity (Wildman–Crippen MR) is 60.0 cm³/mol. The van der Waals surface area contributed by atoms with E-state index in [-0.39, 0.29) is 18.0 Å². The van der Waals surface area contributed by atoms with Crippen LogP contribution in [0, 0.1) is 0 Å². The molecule has 1 saturated heterocycles. The lowest BCUT2D eigenvalue weighted by atomic mass is 9.89. The second kappa shape index (κ2) is 4.94. The van der Waals surface area contributed by atoms with Crippen molar-refractivity contribution in [1.82, 2.24) is 10.2 Å². The van der Waals surface area contributed by atoms with E-state index in [1.807, 2.05) is 14.0 Å². The minimum atomic E-state index is -0.704. The average molecular weight is 214 g/mol. The molecule has 4 heteroatoms. The van der Waals surface area contributed by atoms with Crippen LogP contribution in [-0.4, -0.2) is 47.7 Å². The minimum absolute atomic E-state index is 0.156. The van der Waals surface area contributed by atoms with Gasteiger partial charge in [0.1, 0.15) is 0 Å². The highest BCUT2D eigenvalue weighted by molar-refractivity contribution is 5.67. The number of carboxylic acid groups (broad SMARTS) is 1. The summed E-state index contributed by atoms with van der Waals surface area (Å²) in [6.45, 7) is 6.21. The fourth-order valence-corrected chi connectivity index (χ4v) is 2.09. The van der Waals surface area contributed by atoms with Crippen LogP contribution in [-0.2, 0) is 4.79 Å². The van der Waals surface area contributed by atoms with Crippen LogP contribution in [0.2, 0.25) is 0 Å². The van der Waals surface area contributed by atoms with Crippen LogP contribution in [0.25, 0.3) is 0 Å². The fourth-order valence-electron chi connectivity index (χ4n) is 2.09. The molecule has 15 heavy (non-hydrogen) atoms. The van der Waals surface area contributed by atoms with Gasteiger partial charge in [-0.2, -0.15) is 0 Å². The van der Waals surface area contributed by atoms with Crippen molar-refractivity contribution in [3.05, 3.63) is 0 Å². The Morgan fingerprint density at radius 2 is 2.07 bits per heavy atom. The molecule has 2 N–H and O–H groups in total. The Kier molecular flexibility index (Phi) is 4.11. The van der Waals surface area contributed by atoms with E-state index in [4.69, 9.17) is 5.11 Å². The molecule has 1 aliphatic heterocycles. The molecule has 0 amide bonds. The molecule has 0 aromatic heterocycles. The fraction of sp³-hybridized carbons (Fsp3) is 0.909. The van der Waals surface area contributed by atoms with Gasteiger partial charge in [0.15, 0.2) is 0 Å². The Bertz CT molecular complexity index is 223. The first-order valence-corrected chi connectivity index (χ1v) is 5.61. The van der Waals surface area contributed by atoms with Crippen LogP contribution < -0.4 is 5.32 Å². The molecule has 0 aliphatic carbocycles. The zero-order valence-corrected chi connectivity index (χ0v) is 9.92. The number of carboxylic acids is 1. The monoisotopic (exact) mass is 214 g/mol. The van der Waals surface area contributed by atoms with Crippen LogP contribution in [0.1, 0.15) is 33.1 Å². The molecular weight excluding hydrogens is 192 g/mol. The molecule has 1 aliphatic rings. The zero-order valence-electron chi connectivity index (χ0n) is 9.92. The second-order valence-electron chi connectivity index (χ2n) is 4.79. The van der Waals surface area contributed by atoms with Crippen molar-refractivity contribution < 1.29 is 9.90 Å². The Labute approximate surface area is 91.6 Å². The number of likely N-dealkylation sites (tertiary alicyclic amines) is 1. The van der Waals surface area contributed by atoms with Crippen molar-refractivity contribution in [2.75, 3.05) is 20.1 Å². The molecule has 0 aromatic carbocycles. The summed E-state index contributed by atoms with van der Waals surface area (Å²) < 4.78 is 0. The van der Waals surface area contributed by atoms with Gasteiger partial charge in [-0.3, -0.25) is 9.69 Å². The smallest absolute Gasteiger partial charge is 0.304 e. The summed E-state index contributed by atoms with van der Waals surface area (Å²) >= 11 is 0. The number of aliphatic carboxylic acids is 1. The van der Waals surface area contributed by atoms with E-state index in [0.29, 0.717) is 0 Å². The van der Waals surface area contributed by atoms with Gasteiger partial charge < -0.3 is 10.4 Å².